The van der Waals surface area contributed by atoms with Crippen LogP contribution in [0.1, 0.15) is 23.4 Å². The Balaban J connectivity index is 1.76. The molecule has 4 rings (SSSR count). The Bertz CT molecular complexity index is 1220. The van der Waals surface area contributed by atoms with Gasteiger partial charge >= 0.3 is 0 Å². The molecule has 0 amide bonds. The van der Waals surface area contributed by atoms with Gasteiger partial charge in [0.2, 0.25) is 15.9 Å². The summed E-state index contributed by atoms with van der Waals surface area (Å²) in [7, 11) is -3.51. The van der Waals surface area contributed by atoms with E-state index < -0.39 is 10.0 Å². The summed E-state index contributed by atoms with van der Waals surface area (Å²) in [6.45, 7) is 7.72. The van der Waals surface area contributed by atoms with E-state index in [1.54, 1.807) is 18.3 Å². The van der Waals surface area contributed by atoms with Gasteiger partial charge in [-0.3, -0.25) is 14.7 Å². The van der Waals surface area contributed by atoms with Gasteiger partial charge in [0.25, 0.3) is 0 Å². The fraction of sp³-hybridized carbons (Fsp3) is 0.318. The SMILES string of the molecule is Cc1cc(C)c(Oc2nc(-c3cncc(N4CCC4)c3)ccc2NS(C)(=O)=O)c(C)n1. The van der Waals surface area contributed by atoms with Crippen molar-refractivity contribution in [3.63, 3.8) is 0 Å². The summed E-state index contributed by atoms with van der Waals surface area (Å²) >= 11 is 0. The Hall–Kier alpha value is -3.20. The van der Waals surface area contributed by atoms with Crippen LogP contribution in [0.4, 0.5) is 11.4 Å². The highest BCUT2D eigenvalue weighted by Gasteiger charge is 2.18. The maximum atomic E-state index is 11.9. The maximum absolute atomic E-state index is 11.9. The molecular weight excluding hydrogens is 414 g/mol. The molecule has 1 saturated heterocycles. The minimum atomic E-state index is -3.51. The Kier molecular flexibility index (Phi) is 5.53. The first kappa shape index (κ1) is 21.0. The molecule has 0 saturated carbocycles. The van der Waals surface area contributed by atoms with E-state index in [0.717, 1.165) is 41.9 Å². The summed E-state index contributed by atoms with van der Waals surface area (Å²) < 4.78 is 32.4. The van der Waals surface area contributed by atoms with Crippen LogP contribution in [0.2, 0.25) is 0 Å². The van der Waals surface area contributed by atoms with E-state index in [1.807, 2.05) is 39.1 Å². The molecule has 1 aliphatic rings. The molecular formula is C22H25N5O3S. The molecule has 0 atom stereocenters. The highest BCUT2D eigenvalue weighted by atomic mass is 32.2. The fourth-order valence-electron chi connectivity index (χ4n) is 3.53. The highest BCUT2D eigenvalue weighted by Crippen LogP contribution is 2.35. The van der Waals surface area contributed by atoms with E-state index in [1.165, 1.54) is 6.42 Å². The van der Waals surface area contributed by atoms with Crippen LogP contribution >= 0.6 is 0 Å². The third-order valence-electron chi connectivity index (χ3n) is 5.05. The molecule has 9 heteroatoms. The topological polar surface area (TPSA) is 97.3 Å². The van der Waals surface area contributed by atoms with Crippen molar-refractivity contribution >= 4 is 21.4 Å². The number of ether oxygens (including phenoxy) is 1. The monoisotopic (exact) mass is 439 g/mol. The van der Waals surface area contributed by atoms with E-state index in [4.69, 9.17) is 4.74 Å². The van der Waals surface area contributed by atoms with Gasteiger partial charge in [-0.1, -0.05) is 0 Å². The summed E-state index contributed by atoms with van der Waals surface area (Å²) in [4.78, 5) is 15.7. The van der Waals surface area contributed by atoms with E-state index in [0.29, 0.717) is 17.1 Å². The molecule has 0 spiro atoms. The minimum absolute atomic E-state index is 0.161. The third-order valence-corrected chi connectivity index (χ3v) is 5.64. The fourth-order valence-corrected chi connectivity index (χ4v) is 4.09. The van der Waals surface area contributed by atoms with Gasteiger partial charge in [-0.25, -0.2) is 13.4 Å². The molecule has 1 fully saturated rings. The van der Waals surface area contributed by atoms with Crippen LogP contribution in [0.15, 0.2) is 36.7 Å². The second-order valence-electron chi connectivity index (χ2n) is 7.79. The molecule has 3 aromatic heterocycles. The van der Waals surface area contributed by atoms with Crippen molar-refractivity contribution in [2.75, 3.05) is 29.0 Å². The van der Waals surface area contributed by atoms with Crippen molar-refractivity contribution in [3.05, 3.63) is 53.6 Å². The van der Waals surface area contributed by atoms with Crippen LogP contribution in [0, 0.1) is 20.8 Å². The van der Waals surface area contributed by atoms with Gasteiger partial charge in [0.1, 0.15) is 5.69 Å². The first-order valence-electron chi connectivity index (χ1n) is 10.0. The average molecular weight is 440 g/mol. The number of hydrogen-bond donors (Lipinski definition) is 1. The zero-order chi connectivity index (χ0) is 22.2. The molecule has 0 bridgehead atoms. The van der Waals surface area contributed by atoms with Crippen LogP contribution in [-0.4, -0.2) is 42.7 Å². The number of sulfonamides is 1. The molecule has 162 valence electrons. The van der Waals surface area contributed by atoms with Gasteiger partial charge in [0, 0.05) is 30.5 Å². The highest BCUT2D eigenvalue weighted by molar-refractivity contribution is 7.92. The lowest BCUT2D eigenvalue weighted by Crippen LogP contribution is -2.37. The van der Waals surface area contributed by atoms with Gasteiger partial charge < -0.3 is 9.64 Å². The molecule has 0 aromatic carbocycles. The normalized spacial score (nSPS) is 13.6. The van der Waals surface area contributed by atoms with Crippen LogP contribution in [0.5, 0.6) is 11.6 Å². The molecule has 31 heavy (non-hydrogen) atoms. The molecule has 0 aliphatic carbocycles. The number of nitrogens with zero attached hydrogens (tertiary/aromatic N) is 4. The summed E-state index contributed by atoms with van der Waals surface area (Å²) in [6, 6.07) is 7.36. The summed E-state index contributed by atoms with van der Waals surface area (Å²) in [5, 5.41) is 0. The van der Waals surface area contributed by atoms with Gasteiger partial charge in [0.05, 0.1) is 29.5 Å². The smallest absolute Gasteiger partial charge is 0.244 e. The number of pyridine rings is 3. The molecule has 3 aromatic rings. The lowest BCUT2D eigenvalue weighted by molar-refractivity contribution is 0.455. The zero-order valence-electron chi connectivity index (χ0n) is 18.0. The summed E-state index contributed by atoms with van der Waals surface area (Å²) in [5.74, 6) is 0.716. The van der Waals surface area contributed by atoms with Crippen molar-refractivity contribution in [2.45, 2.75) is 27.2 Å². The van der Waals surface area contributed by atoms with Crippen molar-refractivity contribution in [3.8, 4) is 22.9 Å². The molecule has 4 heterocycles. The van der Waals surface area contributed by atoms with E-state index in [9.17, 15) is 8.42 Å². The zero-order valence-corrected chi connectivity index (χ0v) is 18.8. The molecule has 8 nitrogen and oxygen atoms in total. The van der Waals surface area contributed by atoms with E-state index in [2.05, 4.69) is 24.6 Å². The predicted molar refractivity (Wildman–Crippen MR) is 121 cm³/mol. The molecule has 1 aliphatic heterocycles. The standard InChI is InChI=1S/C22H25N5O3S/c1-14-10-15(2)24-16(3)21(14)30-22-20(26-31(4,28)29)7-6-19(25-22)17-11-18(13-23-12-17)27-8-5-9-27/h6-7,10-13,26H,5,8-9H2,1-4H3. The van der Waals surface area contributed by atoms with E-state index >= 15 is 0 Å². The second-order valence-corrected chi connectivity index (χ2v) is 9.54. The van der Waals surface area contributed by atoms with Gasteiger partial charge in [-0.15, -0.1) is 0 Å². The first-order chi connectivity index (χ1) is 14.7. The van der Waals surface area contributed by atoms with Gasteiger partial charge in [0.15, 0.2) is 5.75 Å². The maximum Gasteiger partial charge on any atom is 0.244 e. The number of hydrogen-bond acceptors (Lipinski definition) is 7. The van der Waals surface area contributed by atoms with Crippen LogP contribution in [-0.2, 0) is 10.0 Å². The van der Waals surface area contributed by atoms with Crippen molar-refractivity contribution in [2.24, 2.45) is 0 Å². The van der Waals surface area contributed by atoms with E-state index in [-0.39, 0.29) is 11.6 Å². The Morgan fingerprint density at radius 1 is 1.06 bits per heavy atom. The Labute approximate surface area is 182 Å². The lowest BCUT2D eigenvalue weighted by atomic mass is 10.1. The largest absolute Gasteiger partial charge is 0.435 e. The van der Waals surface area contributed by atoms with Crippen molar-refractivity contribution in [1.82, 2.24) is 15.0 Å². The number of rotatable bonds is 6. The third kappa shape index (κ3) is 4.77. The van der Waals surface area contributed by atoms with Crippen LogP contribution in [0.25, 0.3) is 11.3 Å². The molecule has 1 N–H and O–H groups in total. The number of anilines is 2. The summed E-state index contributed by atoms with van der Waals surface area (Å²) in [5.41, 5.74) is 5.25. The second kappa shape index (κ2) is 8.14. The van der Waals surface area contributed by atoms with Gasteiger partial charge in [-0.2, -0.15) is 0 Å². The van der Waals surface area contributed by atoms with Crippen molar-refractivity contribution < 1.29 is 13.2 Å². The quantitative estimate of drug-likeness (QED) is 0.623. The van der Waals surface area contributed by atoms with Gasteiger partial charge in [-0.05, 0) is 57.0 Å². The molecule has 0 unspecified atom stereocenters. The minimum Gasteiger partial charge on any atom is -0.435 e. The number of aromatic nitrogens is 3. The number of aryl methyl sites for hydroxylation is 3. The van der Waals surface area contributed by atoms with Crippen LogP contribution in [0.3, 0.4) is 0 Å². The van der Waals surface area contributed by atoms with Crippen LogP contribution < -0.4 is 14.4 Å². The average Bonchev–Trinajstić information content (AvgIpc) is 2.63. The molecule has 0 radical (unpaired) electrons. The predicted octanol–water partition coefficient (Wildman–Crippen LogP) is 3.84. The summed E-state index contributed by atoms with van der Waals surface area (Å²) in [6.07, 6.45) is 5.85. The first-order valence-corrected chi connectivity index (χ1v) is 11.9. The Morgan fingerprint density at radius 2 is 1.84 bits per heavy atom. The lowest BCUT2D eigenvalue weighted by Gasteiger charge is -2.33. The Morgan fingerprint density at radius 3 is 2.48 bits per heavy atom. The van der Waals surface area contributed by atoms with Crippen molar-refractivity contribution in [1.29, 1.82) is 0 Å². The number of nitrogens with one attached hydrogen (secondary N) is 1.